The van der Waals surface area contributed by atoms with Gasteiger partial charge in [0.05, 0.1) is 6.04 Å². The number of hydrogen-bond donors (Lipinski definition) is 10. The van der Waals surface area contributed by atoms with Crippen molar-refractivity contribution < 1.29 is 29.4 Å². The van der Waals surface area contributed by atoms with E-state index in [1.807, 2.05) is 0 Å². The molecule has 0 saturated carbocycles. The number of phenols is 1. The van der Waals surface area contributed by atoms with Gasteiger partial charge in [0.15, 0.2) is 5.96 Å². The van der Waals surface area contributed by atoms with Crippen LogP contribution in [0.1, 0.15) is 56.9 Å². The van der Waals surface area contributed by atoms with Gasteiger partial charge in [-0.2, -0.15) is 0 Å². The van der Waals surface area contributed by atoms with Crippen LogP contribution in [-0.4, -0.2) is 83.7 Å². The number of aromatic hydroxyl groups is 1. The molecule has 0 radical (unpaired) electrons. The molecule has 0 bridgehead atoms. The minimum atomic E-state index is -1.20. The fourth-order valence-electron chi connectivity index (χ4n) is 4.06. The molecule has 0 heterocycles. The lowest BCUT2D eigenvalue weighted by molar-refractivity contribution is -0.142. The average Bonchev–Trinajstić information content (AvgIpc) is 2.94. The summed E-state index contributed by atoms with van der Waals surface area (Å²) in [4.78, 5) is 55.1. The lowest BCUT2D eigenvalue weighted by Gasteiger charge is -2.25. The summed E-state index contributed by atoms with van der Waals surface area (Å²) in [6.45, 7) is 1.05. The molecule has 1 aromatic carbocycles. The number of carbonyl (C=O) groups excluding carboxylic acids is 3. The van der Waals surface area contributed by atoms with Crippen molar-refractivity contribution in [3.63, 3.8) is 0 Å². The van der Waals surface area contributed by atoms with Gasteiger partial charge in [0.25, 0.3) is 0 Å². The molecule has 15 N–H and O–H groups in total. The molecule has 0 aliphatic heterocycles. The van der Waals surface area contributed by atoms with Crippen LogP contribution in [0.4, 0.5) is 0 Å². The molecule has 0 aliphatic carbocycles. The standard InChI is InChI=1S/C27H47N9O6/c28-13-3-1-7-20(24(39)35-21(26(41)42)8-2-4-14-29)34-25(40)22(16-17-9-11-18(37)12-10-17)36-23(38)19(30)6-5-15-33-27(31)32/h9-12,19-22,37H,1-8,13-16,28-30H2,(H,34,40)(H,35,39)(H,36,38)(H,41,42)(H4,31,32,33). The third-order valence-electron chi connectivity index (χ3n) is 6.45. The molecule has 1 rings (SSSR count). The largest absolute Gasteiger partial charge is 0.508 e. The molecule has 4 atom stereocenters. The van der Waals surface area contributed by atoms with Gasteiger partial charge in [-0.15, -0.1) is 0 Å². The van der Waals surface area contributed by atoms with E-state index in [0.717, 1.165) is 0 Å². The van der Waals surface area contributed by atoms with Crippen molar-refractivity contribution in [2.24, 2.45) is 33.7 Å². The second kappa shape index (κ2) is 20.0. The van der Waals surface area contributed by atoms with Crippen LogP contribution in [0.15, 0.2) is 29.3 Å². The highest BCUT2D eigenvalue weighted by atomic mass is 16.4. The van der Waals surface area contributed by atoms with Crippen LogP contribution in [0.3, 0.4) is 0 Å². The summed E-state index contributed by atoms with van der Waals surface area (Å²) >= 11 is 0. The topological polar surface area (TPSA) is 287 Å². The minimum Gasteiger partial charge on any atom is -0.508 e. The lowest BCUT2D eigenvalue weighted by atomic mass is 10.0. The van der Waals surface area contributed by atoms with Crippen LogP contribution < -0.4 is 44.6 Å². The van der Waals surface area contributed by atoms with Gasteiger partial charge in [0.2, 0.25) is 17.7 Å². The fourth-order valence-corrected chi connectivity index (χ4v) is 4.06. The van der Waals surface area contributed by atoms with E-state index in [9.17, 15) is 29.4 Å². The van der Waals surface area contributed by atoms with E-state index in [0.29, 0.717) is 50.8 Å². The van der Waals surface area contributed by atoms with Crippen molar-refractivity contribution in [2.45, 2.75) is 82.0 Å². The summed E-state index contributed by atoms with van der Waals surface area (Å²) in [5.41, 5.74) is 28.4. The number of amides is 3. The SMILES string of the molecule is NCCCCC(NC(=O)C(CCCCN)NC(=O)C(Cc1ccc(O)cc1)NC(=O)C(N)CCCN=C(N)N)C(=O)O. The first-order chi connectivity index (χ1) is 20.0. The summed E-state index contributed by atoms with van der Waals surface area (Å²) in [6, 6.07) is 1.78. The summed E-state index contributed by atoms with van der Waals surface area (Å²) in [5.74, 6) is -3.15. The van der Waals surface area contributed by atoms with Crippen LogP contribution in [0.2, 0.25) is 0 Å². The Kier molecular flexibility index (Phi) is 17.2. The van der Waals surface area contributed by atoms with E-state index < -0.39 is 47.9 Å². The van der Waals surface area contributed by atoms with E-state index in [2.05, 4.69) is 20.9 Å². The zero-order chi connectivity index (χ0) is 31.5. The number of aliphatic imine (C=N–C) groups is 1. The van der Waals surface area contributed by atoms with Crippen LogP contribution in [-0.2, 0) is 25.6 Å². The Bertz CT molecular complexity index is 1020. The average molecular weight is 594 g/mol. The number of aliphatic carboxylic acids is 1. The molecule has 4 unspecified atom stereocenters. The zero-order valence-corrected chi connectivity index (χ0v) is 24.0. The molecule has 1 aromatic rings. The minimum absolute atomic E-state index is 0.0303. The second-order valence-electron chi connectivity index (χ2n) is 10.0. The third-order valence-corrected chi connectivity index (χ3v) is 6.45. The highest BCUT2D eigenvalue weighted by Gasteiger charge is 2.30. The lowest BCUT2D eigenvalue weighted by Crippen LogP contribution is -2.57. The Balaban J connectivity index is 3.08. The smallest absolute Gasteiger partial charge is 0.326 e. The number of guanidine groups is 1. The molecule has 0 aromatic heterocycles. The Morgan fingerprint density at radius 3 is 1.81 bits per heavy atom. The van der Waals surface area contributed by atoms with E-state index in [1.165, 1.54) is 12.1 Å². The van der Waals surface area contributed by atoms with Gasteiger partial charge in [-0.1, -0.05) is 12.1 Å². The Morgan fingerprint density at radius 2 is 1.26 bits per heavy atom. The number of unbranched alkanes of at least 4 members (excludes halogenated alkanes) is 2. The highest BCUT2D eigenvalue weighted by Crippen LogP contribution is 2.13. The predicted molar refractivity (Wildman–Crippen MR) is 159 cm³/mol. The predicted octanol–water partition coefficient (Wildman–Crippen LogP) is -1.89. The van der Waals surface area contributed by atoms with Gasteiger partial charge in [-0.05, 0) is 82.2 Å². The van der Waals surface area contributed by atoms with Crippen molar-refractivity contribution in [1.82, 2.24) is 16.0 Å². The van der Waals surface area contributed by atoms with Gasteiger partial charge in [-0.25, -0.2) is 4.79 Å². The zero-order valence-electron chi connectivity index (χ0n) is 24.0. The normalized spacial score (nSPS) is 13.7. The van der Waals surface area contributed by atoms with Gasteiger partial charge in [0.1, 0.15) is 23.9 Å². The maximum atomic E-state index is 13.5. The number of nitrogens with two attached hydrogens (primary N) is 5. The monoisotopic (exact) mass is 593 g/mol. The van der Waals surface area contributed by atoms with Gasteiger partial charge in [0, 0.05) is 13.0 Å². The molecule has 42 heavy (non-hydrogen) atoms. The number of carboxylic acids is 1. The molecule has 0 spiro atoms. The number of rotatable bonds is 21. The van der Waals surface area contributed by atoms with Crippen LogP contribution >= 0.6 is 0 Å². The van der Waals surface area contributed by atoms with Crippen molar-refractivity contribution in [2.75, 3.05) is 19.6 Å². The van der Waals surface area contributed by atoms with Gasteiger partial charge in [-0.3, -0.25) is 19.4 Å². The number of nitrogens with zero attached hydrogens (tertiary/aromatic N) is 1. The van der Waals surface area contributed by atoms with Crippen LogP contribution in [0, 0.1) is 0 Å². The van der Waals surface area contributed by atoms with E-state index in [-0.39, 0.29) is 43.9 Å². The van der Waals surface area contributed by atoms with Crippen molar-refractivity contribution in [1.29, 1.82) is 0 Å². The van der Waals surface area contributed by atoms with Crippen LogP contribution in [0.5, 0.6) is 5.75 Å². The molecule has 0 saturated heterocycles. The maximum absolute atomic E-state index is 13.5. The fraction of sp³-hybridized carbons (Fsp3) is 0.593. The molecule has 15 nitrogen and oxygen atoms in total. The Labute approximate surface area is 246 Å². The first kappa shape index (κ1) is 36.1. The van der Waals surface area contributed by atoms with Crippen molar-refractivity contribution in [3.8, 4) is 5.75 Å². The number of benzene rings is 1. The molecular weight excluding hydrogens is 546 g/mol. The summed E-state index contributed by atoms with van der Waals surface area (Å²) in [7, 11) is 0. The molecule has 15 heteroatoms. The first-order valence-corrected chi connectivity index (χ1v) is 14.1. The first-order valence-electron chi connectivity index (χ1n) is 14.1. The maximum Gasteiger partial charge on any atom is 0.326 e. The molecule has 3 amide bonds. The number of phenolic OH excluding ortho intramolecular Hbond substituents is 1. The van der Waals surface area contributed by atoms with Gasteiger partial charge >= 0.3 is 5.97 Å². The van der Waals surface area contributed by atoms with E-state index in [1.54, 1.807) is 12.1 Å². The van der Waals surface area contributed by atoms with Crippen molar-refractivity contribution >= 4 is 29.7 Å². The van der Waals surface area contributed by atoms with Gasteiger partial charge < -0.3 is 54.8 Å². The van der Waals surface area contributed by atoms with E-state index in [4.69, 9.17) is 28.7 Å². The molecule has 236 valence electrons. The Hall–Kier alpha value is -3.95. The summed E-state index contributed by atoms with van der Waals surface area (Å²) in [5, 5.41) is 27.0. The number of hydrogen-bond acceptors (Lipinski definition) is 9. The summed E-state index contributed by atoms with van der Waals surface area (Å²) in [6.07, 6.45) is 3.29. The molecular formula is C27H47N9O6. The number of carbonyl (C=O) groups is 4. The van der Waals surface area contributed by atoms with Crippen molar-refractivity contribution in [3.05, 3.63) is 29.8 Å². The summed E-state index contributed by atoms with van der Waals surface area (Å²) < 4.78 is 0. The quantitative estimate of drug-likeness (QED) is 0.0427. The number of carboxylic acid groups (broad SMARTS) is 1. The molecule has 0 fully saturated rings. The number of nitrogens with one attached hydrogen (secondary N) is 3. The van der Waals surface area contributed by atoms with Crippen LogP contribution in [0.25, 0.3) is 0 Å². The molecule has 0 aliphatic rings. The van der Waals surface area contributed by atoms with E-state index >= 15 is 0 Å². The third kappa shape index (κ3) is 14.6. The second-order valence-corrected chi connectivity index (χ2v) is 10.0. The highest BCUT2D eigenvalue weighted by molar-refractivity contribution is 5.94. The Morgan fingerprint density at radius 1 is 0.738 bits per heavy atom.